The van der Waals surface area contributed by atoms with Gasteiger partial charge in [0.2, 0.25) is 0 Å². The molecule has 88 valence electrons. The number of rotatable bonds is 5. The molecule has 0 saturated carbocycles. The maximum atomic E-state index is 8.52. The molecule has 0 saturated heterocycles. The van der Waals surface area contributed by atoms with Gasteiger partial charge in [-0.2, -0.15) is 0 Å². The van der Waals surface area contributed by atoms with Crippen molar-refractivity contribution < 1.29 is 5.21 Å². The van der Waals surface area contributed by atoms with Crippen LogP contribution in [0.25, 0.3) is 0 Å². The zero-order valence-corrected chi connectivity index (χ0v) is 10.8. The summed E-state index contributed by atoms with van der Waals surface area (Å²) in [5, 5.41) is 11.5. The van der Waals surface area contributed by atoms with Crippen LogP contribution in [-0.2, 0) is 6.54 Å². The van der Waals surface area contributed by atoms with Crippen LogP contribution < -0.4 is 5.73 Å². The zero-order chi connectivity index (χ0) is 12.0. The molecule has 0 radical (unpaired) electrons. The molecule has 0 unspecified atom stereocenters. The van der Waals surface area contributed by atoms with Gasteiger partial charge in [-0.15, -0.1) is 0 Å². The molecule has 16 heavy (non-hydrogen) atoms. The average molecular weight is 286 g/mol. The van der Waals surface area contributed by atoms with Crippen molar-refractivity contribution in [1.29, 1.82) is 0 Å². The molecular weight excluding hydrogens is 270 g/mol. The predicted molar refractivity (Wildman–Crippen MR) is 68.5 cm³/mol. The summed E-state index contributed by atoms with van der Waals surface area (Å²) < 4.78 is 1.06. The second-order valence-corrected chi connectivity index (χ2v) is 4.44. The highest BCUT2D eigenvalue weighted by molar-refractivity contribution is 9.10. The fourth-order valence-corrected chi connectivity index (χ4v) is 1.88. The number of nitrogens with zero attached hydrogens (tertiary/aromatic N) is 2. The van der Waals surface area contributed by atoms with Crippen LogP contribution in [0.15, 0.2) is 33.9 Å². The number of hydrogen-bond donors (Lipinski definition) is 2. The van der Waals surface area contributed by atoms with E-state index in [2.05, 4.69) is 38.1 Å². The van der Waals surface area contributed by atoms with E-state index in [0.29, 0.717) is 6.54 Å². The van der Waals surface area contributed by atoms with Gasteiger partial charge < -0.3 is 10.9 Å². The van der Waals surface area contributed by atoms with Gasteiger partial charge in [-0.25, -0.2) is 0 Å². The van der Waals surface area contributed by atoms with Crippen molar-refractivity contribution in [3.05, 3.63) is 34.3 Å². The van der Waals surface area contributed by atoms with Crippen LogP contribution in [0.2, 0.25) is 0 Å². The fourth-order valence-electron chi connectivity index (χ4n) is 1.43. The molecule has 1 aromatic rings. The number of oxime groups is 1. The smallest absolute Gasteiger partial charge is 0.153 e. The monoisotopic (exact) mass is 285 g/mol. The first kappa shape index (κ1) is 13.0. The lowest BCUT2D eigenvalue weighted by molar-refractivity contribution is 0.294. The van der Waals surface area contributed by atoms with Crippen molar-refractivity contribution in [2.45, 2.75) is 13.5 Å². The van der Waals surface area contributed by atoms with Crippen molar-refractivity contribution in [1.82, 2.24) is 4.90 Å². The van der Waals surface area contributed by atoms with E-state index in [1.54, 1.807) is 0 Å². The lowest BCUT2D eigenvalue weighted by atomic mass is 10.2. The van der Waals surface area contributed by atoms with Gasteiger partial charge in [0.25, 0.3) is 0 Å². The standard InChI is InChI=1S/C11H16BrN3O/c1-2-15(8-11(13)14-16)7-9-4-3-5-10(12)6-9/h3-6,16H,2,7-8H2,1H3,(H2,13,14). The molecule has 0 aliphatic carbocycles. The maximum Gasteiger partial charge on any atom is 0.153 e. The Hall–Kier alpha value is -1.07. The third-order valence-corrected chi connectivity index (χ3v) is 2.75. The molecule has 0 heterocycles. The van der Waals surface area contributed by atoms with Crippen LogP contribution in [0.5, 0.6) is 0 Å². The summed E-state index contributed by atoms with van der Waals surface area (Å²) >= 11 is 3.43. The summed E-state index contributed by atoms with van der Waals surface area (Å²) in [7, 11) is 0. The van der Waals surface area contributed by atoms with Gasteiger partial charge in [0.15, 0.2) is 5.84 Å². The van der Waals surface area contributed by atoms with Gasteiger partial charge in [-0.1, -0.05) is 40.1 Å². The van der Waals surface area contributed by atoms with Gasteiger partial charge in [-0.3, -0.25) is 4.90 Å². The highest BCUT2D eigenvalue weighted by atomic mass is 79.9. The Balaban J connectivity index is 2.63. The highest BCUT2D eigenvalue weighted by Gasteiger charge is 2.06. The van der Waals surface area contributed by atoms with Gasteiger partial charge in [0.05, 0.1) is 6.54 Å². The molecule has 0 aliphatic rings. The Morgan fingerprint density at radius 1 is 1.56 bits per heavy atom. The maximum absolute atomic E-state index is 8.52. The summed E-state index contributed by atoms with van der Waals surface area (Å²) in [6.45, 7) is 4.15. The lowest BCUT2D eigenvalue weighted by Gasteiger charge is -2.19. The number of benzene rings is 1. The van der Waals surface area contributed by atoms with Crippen LogP contribution in [0.3, 0.4) is 0 Å². The van der Waals surface area contributed by atoms with E-state index in [0.717, 1.165) is 17.6 Å². The second-order valence-electron chi connectivity index (χ2n) is 3.52. The Morgan fingerprint density at radius 3 is 2.88 bits per heavy atom. The van der Waals surface area contributed by atoms with Crippen molar-refractivity contribution >= 4 is 21.8 Å². The van der Waals surface area contributed by atoms with Crippen molar-refractivity contribution in [3.63, 3.8) is 0 Å². The molecular formula is C11H16BrN3O. The molecule has 1 rings (SSSR count). The van der Waals surface area contributed by atoms with Crippen LogP contribution in [0.1, 0.15) is 12.5 Å². The summed E-state index contributed by atoms with van der Waals surface area (Å²) in [6, 6.07) is 8.11. The quantitative estimate of drug-likeness (QED) is 0.377. The third-order valence-electron chi connectivity index (χ3n) is 2.26. The second kappa shape index (κ2) is 6.50. The number of nitrogens with two attached hydrogens (primary N) is 1. The first-order valence-corrected chi connectivity index (χ1v) is 5.88. The van der Waals surface area contributed by atoms with E-state index in [9.17, 15) is 0 Å². The van der Waals surface area contributed by atoms with Crippen LogP contribution in [0.4, 0.5) is 0 Å². The highest BCUT2D eigenvalue weighted by Crippen LogP contribution is 2.13. The number of hydrogen-bond acceptors (Lipinski definition) is 3. The summed E-state index contributed by atoms with van der Waals surface area (Å²) in [5.74, 6) is 0.233. The molecule has 0 aromatic heterocycles. The Labute approximate surface area is 104 Å². The normalized spacial score (nSPS) is 12.1. The van der Waals surface area contributed by atoms with Crippen LogP contribution in [-0.4, -0.2) is 29.0 Å². The Morgan fingerprint density at radius 2 is 2.31 bits per heavy atom. The van der Waals surface area contributed by atoms with Gasteiger partial charge in [-0.05, 0) is 24.2 Å². The van der Waals surface area contributed by atoms with E-state index in [4.69, 9.17) is 10.9 Å². The topological polar surface area (TPSA) is 61.8 Å². The minimum absolute atomic E-state index is 0.233. The van der Waals surface area contributed by atoms with Crippen LogP contribution >= 0.6 is 15.9 Å². The Kier molecular flexibility index (Phi) is 5.28. The van der Waals surface area contributed by atoms with Crippen LogP contribution in [0, 0.1) is 0 Å². The fraction of sp³-hybridized carbons (Fsp3) is 0.364. The molecule has 3 N–H and O–H groups in total. The summed E-state index contributed by atoms with van der Waals surface area (Å²) in [5.41, 5.74) is 6.68. The summed E-state index contributed by atoms with van der Waals surface area (Å²) in [6.07, 6.45) is 0. The third kappa shape index (κ3) is 4.20. The molecule has 0 aliphatic heterocycles. The molecule has 0 fully saturated rings. The van der Waals surface area contributed by atoms with Gasteiger partial charge in [0.1, 0.15) is 0 Å². The first-order chi connectivity index (χ1) is 7.65. The SMILES string of the molecule is CCN(CC(N)=NO)Cc1cccc(Br)c1. The van der Waals surface area contributed by atoms with E-state index < -0.39 is 0 Å². The molecule has 1 aromatic carbocycles. The Bertz CT molecular complexity index is 368. The zero-order valence-electron chi connectivity index (χ0n) is 9.23. The van der Waals surface area contributed by atoms with Gasteiger partial charge >= 0.3 is 0 Å². The number of amidine groups is 1. The van der Waals surface area contributed by atoms with E-state index >= 15 is 0 Å². The number of likely N-dealkylation sites (N-methyl/N-ethyl adjacent to an activating group) is 1. The summed E-state index contributed by atoms with van der Waals surface area (Å²) in [4.78, 5) is 2.09. The minimum Gasteiger partial charge on any atom is -0.409 e. The molecule has 0 spiro atoms. The molecule has 0 amide bonds. The van der Waals surface area contributed by atoms with Crippen molar-refractivity contribution in [3.8, 4) is 0 Å². The van der Waals surface area contributed by atoms with E-state index in [1.807, 2.05) is 19.1 Å². The van der Waals surface area contributed by atoms with E-state index in [-0.39, 0.29) is 5.84 Å². The van der Waals surface area contributed by atoms with Crippen molar-refractivity contribution in [2.24, 2.45) is 10.9 Å². The lowest BCUT2D eigenvalue weighted by Crippen LogP contribution is -2.33. The minimum atomic E-state index is 0.233. The van der Waals surface area contributed by atoms with E-state index in [1.165, 1.54) is 5.56 Å². The molecule has 5 heteroatoms. The van der Waals surface area contributed by atoms with Crippen molar-refractivity contribution in [2.75, 3.05) is 13.1 Å². The molecule has 4 nitrogen and oxygen atoms in total. The predicted octanol–water partition coefficient (Wildman–Crippen LogP) is 2.02. The number of halogens is 1. The molecule has 0 bridgehead atoms. The van der Waals surface area contributed by atoms with Gasteiger partial charge in [0, 0.05) is 11.0 Å². The molecule has 0 atom stereocenters. The largest absolute Gasteiger partial charge is 0.409 e. The first-order valence-electron chi connectivity index (χ1n) is 5.09. The average Bonchev–Trinajstić information content (AvgIpc) is 2.28.